The zero-order valence-corrected chi connectivity index (χ0v) is 10.1. The van der Waals surface area contributed by atoms with E-state index in [2.05, 4.69) is 46.2 Å². The second-order valence-electron chi connectivity index (χ2n) is 4.55. The van der Waals surface area contributed by atoms with Crippen molar-refractivity contribution in [1.82, 2.24) is 10.1 Å². The Morgan fingerprint density at radius 1 is 1.41 bits per heavy atom. The van der Waals surface area contributed by atoms with Gasteiger partial charge in [0.2, 0.25) is 5.89 Å². The third-order valence-corrected chi connectivity index (χ3v) is 3.22. The van der Waals surface area contributed by atoms with E-state index in [0.717, 1.165) is 6.42 Å². The van der Waals surface area contributed by atoms with Gasteiger partial charge in [0.25, 0.3) is 0 Å². The fraction of sp³-hybridized carbons (Fsp3) is 0.385. The number of para-hydroxylation sites is 1. The molecule has 0 N–H and O–H groups in total. The van der Waals surface area contributed by atoms with E-state index in [4.69, 9.17) is 4.52 Å². The van der Waals surface area contributed by atoms with Crippen LogP contribution < -0.4 is 4.90 Å². The first-order valence-electron chi connectivity index (χ1n) is 5.88. The largest absolute Gasteiger partial charge is 0.359 e. The van der Waals surface area contributed by atoms with Crippen molar-refractivity contribution in [2.45, 2.75) is 32.9 Å². The van der Waals surface area contributed by atoms with Crippen molar-refractivity contribution in [2.24, 2.45) is 0 Å². The van der Waals surface area contributed by atoms with Gasteiger partial charge in [0, 0.05) is 11.7 Å². The molecule has 0 amide bonds. The molecule has 1 unspecified atom stereocenters. The van der Waals surface area contributed by atoms with Gasteiger partial charge in [-0.3, -0.25) is 0 Å². The van der Waals surface area contributed by atoms with Crippen molar-refractivity contribution in [3.63, 3.8) is 0 Å². The summed E-state index contributed by atoms with van der Waals surface area (Å²) in [7, 11) is 0. The number of aromatic nitrogens is 2. The van der Waals surface area contributed by atoms with Crippen molar-refractivity contribution in [1.29, 1.82) is 0 Å². The van der Waals surface area contributed by atoms with Gasteiger partial charge in [-0.25, -0.2) is 0 Å². The van der Waals surface area contributed by atoms with Gasteiger partial charge in [-0.2, -0.15) is 4.98 Å². The Morgan fingerprint density at radius 3 is 3.00 bits per heavy atom. The monoisotopic (exact) mass is 229 g/mol. The lowest BCUT2D eigenvalue weighted by atomic mass is 10.1. The molecule has 17 heavy (non-hydrogen) atoms. The molecule has 4 heteroatoms. The molecule has 0 bridgehead atoms. The van der Waals surface area contributed by atoms with Gasteiger partial charge >= 0.3 is 0 Å². The van der Waals surface area contributed by atoms with Crippen LogP contribution in [0, 0.1) is 6.92 Å². The predicted molar refractivity (Wildman–Crippen MR) is 64.8 cm³/mol. The lowest BCUT2D eigenvalue weighted by molar-refractivity contribution is 0.370. The van der Waals surface area contributed by atoms with Gasteiger partial charge < -0.3 is 9.42 Å². The van der Waals surface area contributed by atoms with Crippen LogP contribution in [0.15, 0.2) is 28.8 Å². The molecule has 2 aromatic rings. The minimum atomic E-state index is 0.486. The Bertz CT molecular complexity index is 535. The molecule has 0 spiro atoms. The van der Waals surface area contributed by atoms with Crippen molar-refractivity contribution in [3.8, 4) is 0 Å². The standard InChI is InChI=1S/C13H15N3O/c1-9-7-11-5-3-4-6-12(11)16(9)8-13-14-10(2)15-17-13/h3-6,9H,7-8H2,1-2H3. The molecule has 1 aliphatic rings. The van der Waals surface area contributed by atoms with E-state index in [1.54, 1.807) is 0 Å². The minimum Gasteiger partial charge on any atom is -0.359 e. The van der Waals surface area contributed by atoms with E-state index in [1.807, 2.05) is 6.92 Å². The summed E-state index contributed by atoms with van der Waals surface area (Å²) < 4.78 is 5.19. The molecule has 4 nitrogen and oxygen atoms in total. The zero-order valence-electron chi connectivity index (χ0n) is 10.1. The van der Waals surface area contributed by atoms with Crippen LogP contribution in [-0.2, 0) is 13.0 Å². The topological polar surface area (TPSA) is 42.2 Å². The predicted octanol–water partition coefficient (Wildman–Crippen LogP) is 2.33. The third kappa shape index (κ3) is 1.79. The molecular weight excluding hydrogens is 214 g/mol. The highest BCUT2D eigenvalue weighted by molar-refractivity contribution is 5.59. The Labute approximate surface area is 100 Å². The van der Waals surface area contributed by atoms with Crippen molar-refractivity contribution in [2.75, 3.05) is 4.90 Å². The van der Waals surface area contributed by atoms with Gasteiger partial charge in [-0.05, 0) is 31.9 Å². The summed E-state index contributed by atoms with van der Waals surface area (Å²) in [5.41, 5.74) is 2.69. The molecule has 1 aromatic heterocycles. The van der Waals surface area contributed by atoms with Crippen LogP contribution in [0.2, 0.25) is 0 Å². The van der Waals surface area contributed by atoms with E-state index in [1.165, 1.54) is 11.3 Å². The molecule has 3 rings (SSSR count). The molecule has 1 aliphatic heterocycles. The second-order valence-corrected chi connectivity index (χ2v) is 4.55. The molecule has 0 fully saturated rings. The molecule has 0 aliphatic carbocycles. The quantitative estimate of drug-likeness (QED) is 0.792. The van der Waals surface area contributed by atoms with E-state index in [0.29, 0.717) is 24.3 Å². The number of nitrogens with zero attached hydrogens (tertiary/aromatic N) is 3. The minimum absolute atomic E-state index is 0.486. The van der Waals surface area contributed by atoms with Crippen LogP contribution in [0.25, 0.3) is 0 Å². The number of hydrogen-bond acceptors (Lipinski definition) is 4. The molecule has 88 valence electrons. The molecule has 1 atom stereocenters. The summed E-state index contributed by atoms with van der Waals surface area (Å²) in [6, 6.07) is 8.99. The average Bonchev–Trinajstić information content (AvgIpc) is 2.85. The Balaban J connectivity index is 1.88. The van der Waals surface area contributed by atoms with Gasteiger partial charge in [0.15, 0.2) is 5.82 Å². The summed E-state index contributed by atoms with van der Waals surface area (Å²) in [6.07, 6.45) is 1.09. The van der Waals surface area contributed by atoms with E-state index in [-0.39, 0.29) is 0 Å². The molecule has 0 saturated carbocycles. The van der Waals surface area contributed by atoms with Gasteiger partial charge in [0.05, 0.1) is 6.54 Å². The second kappa shape index (κ2) is 3.87. The van der Waals surface area contributed by atoms with Crippen molar-refractivity contribution >= 4 is 5.69 Å². The highest BCUT2D eigenvalue weighted by atomic mass is 16.5. The first kappa shape index (κ1) is 10.3. The van der Waals surface area contributed by atoms with Gasteiger partial charge in [-0.15, -0.1) is 0 Å². The van der Waals surface area contributed by atoms with Gasteiger partial charge in [-0.1, -0.05) is 23.4 Å². The van der Waals surface area contributed by atoms with E-state index in [9.17, 15) is 0 Å². The summed E-state index contributed by atoms with van der Waals surface area (Å²) in [5.74, 6) is 1.38. The SMILES string of the molecule is Cc1noc(CN2c3ccccc3CC2C)n1. The fourth-order valence-electron chi connectivity index (χ4n) is 2.42. The number of anilines is 1. The lowest BCUT2D eigenvalue weighted by Crippen LogP contribution is -2.28. The van der Waals surface area contributed by atoms with Crippen molar-refractivity contribution < 1.29 is 4.52 Å². The maximum Gasteiger partial charge on any atom is 0.246 e. The normalized spacial score (nSPS) is 18.5. The molecule has 0 radical (unpaired) electrons. The molecular formula is C13H15N3O. The zero-order chi connectivity index (χ0) is 11.8. The number of fused-ring (bicyclic) bond motifs is 1. The first-order valence-corrected chi connectivity index (χ1v) is 5.88. The Morgan fingerprint density at radius 2 is 2.24 bits per heavy atom. The average molecular weight is 229 g/mol. The number of rotatable bonds is 2. The van der Waals surface area contributed by atoms with Crippen LogP contribution in [0.1, 0.15) is 24.2 Å². The Hall–Kier alpha value is -1.84. The molecule has 2 heterocycles. The first-order chi connectivity index (χ1) is 8.24. The number of benzene rings is 1. The van der Waals surface area contributed by atoms with Crippen LogP contribution >= 0.6 is 0 Å². The molecule has 0 saturated heterocycles. The summed E-state index contributed by atoms with van der Waals surface area (Å²) in [6.45, 7) is 4.76. The summed E-state index contributed by atoms with van der Waals surface area (Å²) in [5, 5.41) is 3.83. The van der Waals surface area contributed by atoms with Gasteiger partial charge in [0.1, 0.15) is 0 Å². The maximum atomic E-state index is 5.19. The summed E-state index contributed by atoms with van der Waals surface area (Å²) in [4.78, 5) is 6.58. The van der Waals surface area contributed by atoms with Crippen LogP contribution in [0.5, 0.6) is 0 Å². The highest BCUT2D eigenvalue weighted by Crippen LogP contribution is 2.32. The number of aryl methyl sites for hydroxylation is 1. The van der Waals surface area contributed by atoms with Crippen LogP contribution in [-0.4, -0.2) is 16.2 Å². The lowest BCUT2D eigenvalue weighted by Gasteiger charge is -2.22. The highest BCUT2D eigenvalue weighted by Gasteiger charge is 2.26. The fourth-order valence-corrected chi connectivity index (χ4v) is 2.42. The maximum absolute atomic E-state index is 5.19. The van der Waals surface area contributed by atoms with E-state index >= 15 is 0 Å². The van der Waals surface area contributed by atoms with E-state index < -0.39 is 0 Å². The number of hydrogen-bond donors (Lipinski definition) is 0. The Kier molecular flexibility index (Phi) is 2.35. The summed E-state index contributed by atoms with van der Waals surface area (Å²) >= 11 is 0. The van der Waals surface area contributed by atoms with Crippen LogP contribution in [0.4, 0.5) is 5.69 Å². The molecule has 1 aromatic carbocycles. The van der Waals surface area contributed by atoms with Crippen molar-refractivity contribution in [3.05, 3.63) is 41.5 Å². The van der Waals surface area contributed by atoms with Crippen LogP contribution in [0.3, 0.4) is 0 Å². The smallest absolute Gasteiger partial charge is 0.246 e. The third-order valence-electron chi connectivity index (χ3n) is 3.22.